The summed E-state index contributed by atoms with van der Waals surface area (Å²) in [6, 6.07) is 4.11. The van der Waals surface area contributed by atoms with Crippen molar-refractivity contribution in [2.45, 2.75) is 26.2 Å². The van der Waals surface area contributed by atoms with Crippen molar-refractivity contribution < 1.29 is 0 Å². The summed E-state index contributed by atoms with van der Waals surface area (Å²) in [5.41, 5.74) is 0. The third-order valence-corrected chi connectivity index (χ3v) is 1.67. The molecule has 0 aromatic carbocycles. The van der Waals surface area contributed by atoms with Crippen LogP contribution in [0.4, 0.5) is 0 Å². The summed E-state index contributed by atoms with van der Waals surface area (Å²) in [5, 5.41) is 16.8. The summed E-state index contributed by atoms with van der Waals surface area (Å²) in [6.45, 7) is 3.75. The molecule has 0 aromatic heterocycles. The Morgan fingerprint density at radius 2 is 1.67 bits per heavy atom. The number of nitriles is 2. The van der Waals surface area contributed by atoms with Crippen LogP contribution in [0, 0.1) is 22.7 Å². The molecule has 0 bridgehead atoms. The first-order valence-corrected chi connectivity index (χ1v) is 4.31. The van der Waals surface area contributed by atoms with Gasteiger partial charge in [-0.1, -0.05) is 19.8 Å². The molecule has 0 aliphatic heterocycles. The maximum absolute atomic E-state index is 8.42. The monoisotopic (exact) mass is 165 g/mol. The van der Waals surface area contributed by atoms with E-state index in [9.17, 15) is 0 Å². The van der Waals surface area contributed by atoms with Gasteiger partial charge in [0.2, 0.25) is 0 Å². The van der Waals surface area contributed by atoms with Crippen LogP contribution in [-0.2, 0) is 0 Å². The van der Waals surface area contributed by atoms with E-state index in [1.807, 2.05) is 4.90 Å². The van der Waals surface area contributed by atoms with Crippen molar-refractivity contribution >= 4 is 0 Å². The summed E-state index contributed by atoms with van der Waals surface area (Å²) in [5.74, 6) is 0. The van der Waals surface area contributed by atoms with Crippen molar-refractivity contribution in [3.63, 3.8) is 0 Å². The molecule has 0 saturated carbocycles. The van der Waals surface area contributed by atoms with E-state index in [4.69, 9.17) is 10.5 Å². The minimum atomic E-state index is 0.372. The first-order valence-electron chi connectivity index (χ1n) is 4.31. The van der Waals surface area contributed by atoms with E-state index < -0.39 is 0 Å². The fraction of sp³-hybridized carbons (Fsp3) is 0.778. The van der Waals surface area contributed by atoms with Crippen LogP contribution in [0.1, 0.15) is 26.2 Å². The fourth-order valence-electron chi connectivity index (χ4n) is 0.999. The van der Waals surface area contributed by atoms with Gasteiger partial charge in [0.15, 0.2) is 0 Å². The molecule has 0 aromatic rings. The van der Waals surface area contributed by atoms with Crippen LogP contribution in [0.5, 0.6) is 0 Å². The molecule has 0 heterocycles. The van der Waals surface area contributed by atoms with Gasteiger partial charge in [-0.2, -0.15) is 10.5 Å². The van der Waals surface area contributed by atoms with Gasteiger partial charge in [-0.3, -0.25) is 4.90 Å². The molecule has 0 atom stereocenters. The third kappa shape index (κ3) is 5.70. The van der Waals surface area contributed by atoms with Crippen molar-refractivity contribution in [2.24, 2.45) is 0 Å². The van der Waals surface area contributed by atoms with E-state index in [0.717, 1.165) is 13.0 Å². The van der Waals surface area contributed by atoms with Crippen molar-refractivity contribution in [1.29, 1.82) is 10.5 Å². The molecule has 12 heavy (non-hydrogen) atoms. The quantitative estimate of drug-likeness (QED) is 0.443. The second-order valence-corrected chi connectivity index (χ2v) is 2.73. The molecule has 3 nitrogen and oxygen atoms in total. The molecule has 0 saturated heterocycles. The lowest BCUT2D eigenvalue weighted by molar-refractivity contribution is 0.332. The fourth-order valence-corrected chi connectivity index (χ4v) is 0.999. The van der Waals surface area contributed by atoms with Crippen molar-refractivity contribution in [3.05, 3.63) is 0 Å². The lowest BCUT2D eigenvalue weighted by Gasteiger charge is -2.13. The van der Waals surface area contributed by atoms with Gasteiger partial charge in [0.25, 0.3) is 0 Å². The maximum atomic E-state index is 8.42. The van der Waals surface area contributed by atoms with E-state index in [2.05, 4.69) is 19.1 Å². The Bertz CT molecular complexity index is 159. The Morgan fingerprint density at radius 3 is 2.08 bits per heavy atom. The van der Waals surface area contributed by atoms with Crippen LogP contribution in [-0.4, -0.2) is 24.5 Å². The zero-order chi connectivity index (χ0) is 9.23. The van der Waals surface area contributed by atoms with E-state index >= 15 is 0 Å². The summed E-state index contributed by atoms with van der Waals surface area (Å²) < 4.78 is 0. The van der Waals surface area contributed by atoms with Gasteiger partial charge in [-0.05, 0) is 6.42 Å². The topological polar surface area (TPSA) is 50.8 Å². The number of hydrogen-bond donors (Lipinski definition) is 0. The highest BCUT2D eigenvalue weighted by atomic mass is 15.1. The average Bonchev–Trinajstić information content (AvgIpc) is 2.06. The first-order chi connectivity index (χ1) is 5.85. The lowest BCUT2D eigenvalue weighted by atomic mass is 10.2. The second kappa shape index (κ2) is 8.04. The molecule has 0 spiro atoms. The Balaban J connectivity index is 3.51. The molecule has 0 radical (unpaired) electrons. The Labute approximate surface area is 74.2 Å². The Hall–Kier alpha value is -1.06. The summed E-state index contributed by atoms with van der Waals surface area (Å²) >= 11 is 0. The minimum absolute atomic E-state index is 0.372. The van der Waals surface area contributed by atoms with Gasteiger partial charge in [-0.15, -0.1) is 0 Å². The van der Waals surface area contributed by atoms with Crippen molar-refractivity contribution in [3.8, 4) is 12.1 Å². The van der Waals surface area contributed by atoms with Gasteiger partial charge in [-0.25, -0.2) is 0 Å². The van der Waals surface area contributed by atoms with E-state index in [1.165, 1.54) is 12.8 Å². The van der Waals surface area contributed by atoms with Gasteiger partial charge >= 0.3 is 0 Å². The SMILES string of the molecule is CCCCCN(CC#N)CC#N. The largest absolute Gasteiger partial charge is 0.277 e. The number of rotatable bonds is 6. The van der Waals surface area contributed by atoms with Gasteiger partial charge in [0.1, 0.15) is 0 Å². The summed E-state index contributed by atoms with van der Waals surface area (Å²) in [7, 11) is 0. The summed E-state index contributed by atoms with van der Waals surface area (Å²) in [6.07, 6.45) is 3.43. The van der Waals surface area contributed by atoms with Gasteiger partial charge < -0.3 is 0 Å². The summed E-state index contributed by atoms with van der Waals surface area (Å²) in [4.78, 5) is 1.87. The highest BCUT2D eigenvalue weighted by molar-refractivity contribution is 4.83. The van der Waals surface area contributed by atoms with Crippen LogP contribution < -0.4 is 0 Å². The number of hydrogen-bond acceptors (Lipinski definition) is 3. The molecule has 3 heteroatoms. The normalized spacial score (nSPS) is 9.33. The van der Waals surface area contributed by atoms with Crippen LogP contribution in [0.15, 0.2) is 0 Å². The first kappa shape index (κ1) is 10.9. The molecule has 0 aliphatic carbocycles. The molecule has 0 aliphatic rings. The van der Waals surface area contributed by atoms with Crippen LogP contribution in [0.3, 0.4) is 0 Å². The van der Waals surface area contributed by atoms with Crippen LogP contribution >= 0.6 is 0 Å². The van der Waals surface area contributed by atoms with Crippen molar-refractivity contribution in [1.82, 2.24) is 4.90 Å². The Kier molecular flexibility index (Phi) is 7.33. The van der Waals surface area contributed by atoms with E-state index in [0.29, 0.717) is 13.1 Å². The molecule has 0 amide bonds. The van der Waals surface area contributed by atoms with Crippen LogP contribution in [0.25, 0.3) is 0 Å². The predicted octanol–water partition coefficient (Wildman–Crippen LogP) is 1.53. The Morgan fingerprint density at radius 1 is 1.08 bits per heavy atom. The van der Waals surface area contributed by atoms with E-state index in [1.54, 1.807) is 0 Å². The molecule has 0 N–H and O–H groups in total. The average molecular weight is 165 g/mol. The molecule has 66 valence electrons. The number of unbranched alkanes of at least 4 members (excludes halogenated alkanes) is 2. The lowest BCUT2D eigenvalue weighted by Crippen LogP contribution is -2.25. The second-order valence-electron chi connectivity index (χ2n) is 2.73. The zero-order valence-electron chi connectivity index (χ0n) is 7.58. The molecule has 0 rings (SSSR count). The van der Waals surface area contributed by atoms with Crippen molar-refractivity contribution in [2.75, 3.05) is 19.6 Å². The molecular weight excluding hydrogens is 150 g/mol. The third-order valence-electron chi connectivity index (χ3n) is 1.67. The predicted molar refractivity (Wildman–Crippen MR) is 47.2 cm³/mol. The molecule has 0 fully saturated rings. The highest BCUT2D eigenvalue weighted by Crippen LogP contribution is 1.97. The molecule has 0 unspecified atom stereocenters. The van der Waals surface area contributed by atoms with Gasteiger partial charge in [0, 0.05) is 6.54 Å². The molecular formula is C9H15N3. The van der Waals surface area contributed by atoms with Crippen LogP contribution in [0.2, 0.25) is 0 Å². The van der Waals surface area contributed by atoms with Gasteiger partial charge in [0.05, 0.1) is 25.2 Å². The number of nitrogens with zero attached hydrogens (tertiary/aromatic N) is 3. The smallest absolute Gasteiger partial charge is 0.0874 e. The zero-order valence-corrected chi connectivity index (χ0v) is 7.58. The standard InChI is InChI=1S/C9H15N3/c1-2-3-4-7-12(8-5-10)9-6-11/h2-4,7-9H2,1H3. The van der Waals surface area contributed by atoms with E-state index in [-0.39, 0.29) is 0 Å². The minimum Gasteiger partial charge on any atom is -0.277 e. The maximum Gasteiger partial charge on any atom is 0.0874 e. The highest BCUT2D eigenvalue weighted by Gasteiger charge is 2.01.